The van der Waals surface area contributed by atoms with Crippen molar-refractivity contribution in [1.29, 1.82) is 0 Å². The zero-order valence-electron chi connectivity index (χ0n) is 12.6. The van der Waals surface area contributed by atoms with Gasteiger partial charge in [0.2, 0.25) is 0 Å². The zero-order valence-corrected chi connectivity index (χ0v) is 12.6. The summed E-state index contributed by atoms with van der Waals surface area (Å²) in [4.78, 5) is 23.5. The molecule has 2 N–H and O–H groups in total. The Kier molecular flexibility index (Phi) is 5.42. The standard InChI is InChI=1S/C15H16FN3O4/c1-9-6-13(19-23-9)18-15(21)14(20)17-8-12(22-2)10-4-3-5-11(16)7-10/h3-7,12H,8H2,1-2H3,(H,17,20)(H,18,19,21)/t12-/m0/s1. The first-order valence-electron chi connectivity index (χ1n) is 6.80. The number of nitrogens with zero attached hydrogens (tertiary/aromatic N) is 1. The molecule has 1 atom stereocenters. The Bertz CT molecular complexity index is 702. The maximum atomic E-state index is 13.2. The molecule has 1 aromatic carbocycles. The average Bonchev–Trinajstić information content (AvgIpc) is 2.92. The van der Waals surface area contributed by atoms with Gasteiger partial charge in [0, 0.05) is 19.7 Å². The number of carbonyl (C=O) groups is 2. The molecule has 8 heteroatoms. The smallest absolute Gasteiger partial charge is 0.314 e. The van der Waals surface area contributed by atoms with E-state index in [1.54, 1.807) is 13.0 Å². The predicted molar refractivity (Wildman–Crippen MR) is 79.0 cm³/mol. The molecule has 122 valence electrons. The van der Waals surface area contributed by atoms with Gasteiger partial charge in [-0.1, -0.05) is 17.3 Å². The zero-order chi connectivity index (χ0) is 16.8. The lowest BCUT2D eigenvalue weighted by molar-refractivity contribution is -0.136. The summed E-state index contributed by atoms with van der Waals surface area (Å²) < 4.78 is 23.2. The quantitative estimate of drug-likeness (QED) is 0.815. The van der Waals surface area contributed by atoms with Gasteiger partial charge in [0.15, 0.2) is 5.82 Å². The number of aryl methyl sites for hydroxylation is 1. The Balaban J connectivity index is 1.90. The summed E-state index contributed by atoms with van der Waals surface area (Å²) in [5, 5.41) is 8.27. The minimum absolute atomic E-state index is 0.0179. The fraction of sp³-hybridized carbons (Fsp3) is 0.267. The highest BCUT2D eigenvalue weighted by atomic mass is 19.1. The highest BCUT2D eigenvalue weighted by Gasteiger charge is 2.18. The molecule has 7 nitrogen and oxygen atoms in total. The summed E-state index contributed by atoms with van der Waals surface area (Å²) in [6.45, 7) is 1.68. The van der Waals surface area contributed by atoms with Crippen LogP contribution in [0.1, 0.15) is 17.4 Å². The molecule has 2 rings (SSSR count). The van der Waals surface area contributed by atoms with Crippen molar-refractivity contribution < 1.29 is 23.2 Å². The molecule has 0 aliphatic carbocycles. The molecule has 0 spiro atoms. The molecule has 0 unspecified atom stereocenters. The second-order valence-electron chi connectivity index (χ2n) is 4.77. The van der Waals surface area contributed by atoms with E-state index in [0.717, 1.165) is 0 Å². The number of amides is 2. The maximum Gasteiger partial charge on any atom is 0.314 e. The lowest BCUT2D eigenvalue weighted by Crippen LogP contribution is -2.38. The molecular formula is C15H16FN3O4. The van der Waals surface area contributed by atoms with Gasteiger partial charge in [-0.05, 0) is 24.6 Å². The fourth-order valence-corrected chi connectivity index (χ4v) is 1.91. The van der Waals surface area contributed by atoms with Crippen molar-refractivity contribution in [3.8, 4) is 0 Å². The van der Waals surface area contributed by atoms with Gasteiger partial charge in [0.1, 0.15) is 11.6 Å². The molecule has 1 aromatic heterocycles. The first kappa shape index (κ1) is 16.6. The molecule has 0 saturated carbocycles. The number of ether oxygens (including phenoxy) is 1. The summed E-state index contributed by atoms with van der Waals surface area (Å²) in [6, 6.07) is 7.30. The number of anilines is 1. The van der Waals surface area contributed by atoms with Gasteiger partial charge in [-0.15, -0.1) is 0 Å². The van der Waals surface area contributed by atoms with Crippen LogP contribution in [-0.4, -0.2) is 30.6 Å². The van der Waals surface area contributed by atoms with Crippen molar-refractivity contribution >= 4 is 17.6 Å². The van der Waals surface area contributed by atoms with Gasteiger partial charge in [-0.3, -0.25) is 14.9 Å². The van der Waals surface area contributed by atoms with Crippen LogP contribution < -0.4 is 10.6 Å². The normalized spacial score (nSPS) is 11.8. The van der Waals surface area contributed by atoms with Crippen LogP contribution in [0.3, 0.4) is 0 Å². The highest BCUT2D eigenvalue weighted by Crippen LogP contribution is 2.16. The average molecular weight is 321 g/mol. The molecule has 23 heavy (non-hydrogen) atoms. The number of nitrogens with one attached hydrogen (secondary N) is 2. The number of benzene rings is 1. The second-order valence-corrected chi connectivity index (χ2v) is 4.77. The van der Waals surface area contributed by atoms with E-state index in [1.807, 2.05) is 0 Å². The lowest BCUT2D eigenvalue weighted by Gasteiger charge is -2.16. The number of methoxy groups -OCH3 is 1. The van der Waals surface area contributed by atoms with Crippen molar-refractivity contribution in [1.82, 2.24) is 10.5 Å². The Morgan fingerprint density at radius 1 is 1.35 bits per heavy atom. The number of aromatic nitrogens is 1. The molecule has 1 heterocycles. The number of hydrogen-bond acceptors (Lipinski definition) is 5. The Labute approximate surface area is 131 Å². The van der Waals surface area contributed by atoms with Crippen molar-refractivity contribution in [2.24, 2.45) is 0 Å². The molecule has 0 bridgehead atoms. The third-order valence-electron chi connectivity index (χ3n) is 3.03. The van der Waals surface area contributed by atoms with Gasteiger partial charge in [-0.2, -0.15) is 0 Å². The van der Waals surface area contributed by atoms with Crippen molar-refractivity contribution in [2.45, 2.75) is 13.0 Å². The van der Waals surface area contributed by atoms with Crippen molar-refractivity contribution in [3.63, 3.8) is 0 Å². The van der Waals surface area contributed by atoms with Gasteiger partial charge in [0.05, 0.1) is 6.10 Å². The van der Waals surface area contributed by atoms with E-state index < -0.39 is 23.7 Å². The Morgan fingerprint density at radius 2 is 2.13 bits per heavy atom. The summed E-state index contributed by atoms with van der Waals surface area (Å²) in [6.07, 6.45) is -0.572. The third-order valence-corrected chi connectivity index (χ3v) is 3.03. The van der Waals surface area contributed by atoms with Crippen LogP contribution in [-0.2, 0) is 14.3 Å². The van der Waals surface area contributed by atoms with E-state index in [9.17, 15) is 14.0 Å². The molecule has 0 saturated heterocycles. The van der Waals surface area contributed by atoms with Crippen molar-refractivity contribution in [2.75, 3.05) is 19.0 Å². The molecule has 0 fully saturated rings. The Morgan fingerprint density at radius 3 is 2.74 bits per heavy atom. The van der Waals surface area contributed by atoms with Crippen molar-refractivity contribution in [3.05, 3.63) is 47.5 Å². The Hall–Kier alpha value is -2.74. The van der Waals surface area contributed by atoms with Gasteiger partial charge in [-0.25, -0.2) is 4.39 Å². The fourth-order valence-electron chi connectivity index (χ4n) is 1.91. The minimum atomic E-state index is -0.882. The van der Waals surface area contributed by atoms with E-state index in [1.165, 1.54) is 31.4 Å². The summed E-state index contributed by atoms with van der Waals surface area (Å²) in [7, 11) is 1.43. The van der Waals surface area contributed by atoms with Crippen LogP contribution in [0.25, 0.3) is 0 Å². The van der Waals surface area contributed by atoms with E-state index in [4.69, 9.17) is 9.26 Å². The number of rotatable bonds is 5. The second kappa shape index (κ2) is 7.50. The minimum Gasteiger partial charge on any atom is -0.375 e. The topological polar surface area (TPSA) is 93.5 Å². The monoisotopic (exact) mass is 321 g/mol. The lowest BCUT2D eigenvalue weighted by atomic mass is 10.1. The molecule has 0 radical (unpaired) electrons. The van der Waals surface area contributed by atoms with Gasteiger partial charge >= 0.3 is 11.8 Å². The van der Waals surface area contributed by atoms with Crippen LogP contribution in [0.15, 0.2) is 34.9 Å². The molecular weight excluding hydrogens is 305 g/mol. The first-order chi connectivity index (χ1) is 11.0. The summed E-state index contributed by atoms with van der Waals surface area (Å²) in [5.41, 5.74) is 0.556. The van der Waals surface area contributed by atoms with Crippen LogP contribution in [0, 0.1) is 12.7 Å². The number of hydrogen-bond donors (Lipinski definition) is 2. The van der Waals surface area contributed by atoms with E-state index in [2.05, 4.69) is 15.8 Å². The van der Waals surface area contributed by atoms with Crippen LogP contribution in [0.4, 0.5) is 10.2 Å². The molecule has 2 aromatic rings. The van der Waals surface area contributed by atoms with Crippen LogP contribution in [0.5, 0.6) is 0 Å². The molecule has 2 amide bonds. The first-order valence-corrected chi connectivity index (χ1v) is 6.80. The SMILES string of the molecule is CO[C@@H](CNC(=O)C(=O)Nc1cc(C)on1)c1cccc(F)c1. The number of carbonyl (C=O) groups excluding carboxylic acids is 2. The van der Waals surface area contributed by atoms with Crippen LogP contribution in [0.2, 0.25) is 0 Å². The van der Waals surface area contributed by atoms with Gasteiger partial charge in [0.25, 0.3) is 0 Å². The van der Waals surface area contributed by atoms with Crippen LogP contribution >= 0.6 is 0 Å². The van der Waals surface area contributed by atoms with E-state index in [-0.39, 0.29) is 12.4 Å². The van der Waals surface area contributed by atoms with E-state index in [0.29, 0.717) is 11.3 Å². The molecule has 0 aliphatic rings. The maximum absolute atomic E-state index is 13.2. The summed E-state index contributed by atoms with van der Waals surface area (Å²) >= 11 is 0. The largest absolute Gasteiger partial charge is 0.375 e. The van der Waals surface area contributed by atoms with Gasteiger partial charge < -0.3 is 14.6 Å². The predicted octanol–water partition coefficient (Wildman–Crippen LogP) is 1.56. The number of halogens is 1. The third kappa shape index (κ3) is 4.62. The highest BCUT2D eigenvalue weighted by molar-refractivity contribution is 6.39. The summed E-state index contributed by atoms with van der Waals surface area (Å²) in [5.74, 6) is -1.49. The van der Waals surface area contributed by atoms with E-state index >= 15 is 0 Å². The molecule has 0 aliphatic heterocycles.